The van der Waals surface area contributed by atoms with Gasteiger partial charge < -0.3 is 24.8 Å². The molecule has 2 atom stereocenters. The Morgan fingerprint density at radius 2 is 1.57 bits per heavy atom. The first-order valence-corrected chi connectivity index (χ1v) is 21.8. The second-order valence-corrected chi connectivity index (χ2v) is 24.2. The van der Waals surface area contributed by atoms with Crippen LogP contribution in [0.5, 0.6) is 0 Å². The van der Waals surface area contributed by atoms with Crippen LogP contribution in [0.15, 0.2) is 65.1 Å². The Morgan fingerprint density at radius 1 is 0.919 bits per heavy atom. The van der Waals surface area contributed by atoms with Crippen LogP contribution in [-0.2, 0) is 24.7 Å². The third kappa shape index (κ3) is 5.21. The smallest absolute Gasteiger partial charge is 0.0941 e. The van der Waals surface area contributed by atoms with Crippen LogP contribution in [-0.4, -0.2) is 16.1 Å². The number of fused-ring (bicyclic) bond motifs is 1. The van der Waals surface area contributed by atoms with Gasteiger partial charge in [0.2, 0.25) is 0 Å². The Hall–Kier alpha value is -0.483. The van der Waals surface area contributed by atoms with Crippen molar-refractivity contribution >= 4 is 43.9 Å². The predicted molar refractivity (Wildman–Crippen MR) is 158 cm³/mol. The van der Waals surface area contributed by atoms with E-state index >= 15 is 0 Å². The molecule has 6 heteroatoms. The maximum absolute atomic E-state index is 2.51. The zero-order valence-corrected chi connectivity index (χ0v) is 30.0. The molecule has 2 unspecified atom stereocenters. The van der Waals surface area contributed by atoms with Gasteiger partial charge in [-0.2, -0.15) is 0 Å². The number of allylic oxidation sites excluding steroid dienone is 2. The molecule has 193 valence electrons. The standard InChI is InChI=1S/C21H25Si.C10H12SSi.2ClH.Zr/c1-15(2)18-13-17-7-6-8-20(21(17)14-18)16-9-11-19(12-10-16)22(3,4)5;1-6-9-7-4-5-11-8(7)10(6)12(9,2)3;;;/h6-15H,1-5H3;4-5,9H,1-3H3;2*1H;/q;;;;+2/p-2. The first kappa shape index (κ1) is 31.0. The molecule has 0 radical (unpaired) electrons. The summed E-state index contributed by atoms with van der Waals surface area (Å²) in [4.78, 5) is 1.63. The minimum Gasteiger partial charge on any atom is -1.00 e. The minimum absolute atomic E-state index is 0. The van der Waals surface area contributed by atoms with Crippen molar-refractivity contribution in [3.8, 4) is 11.1 Å². The molecule has 2 aliphatic carbocycles. The molecule has 0 fully saturated rings. The fourth-order valence-corrected chi connectivity index (χ4v) is 15.5. The molecule has 0 saturated heterocycles. The molecule has 3 aromatic rings. The molecule has 0 amide bonds. The maximum Gasteiger partial charge on any atom is 0.0941 e. The van der Waals surface area contributed by atoms with Gasteiger partial charge in [-0.15, -0.1) is 11.3 Å². The Morgan fingerprint density at radius 3 is 2.11 bits per heavy atom. The van der Waals surface area contributed by atoms with Gasteiger partial charge in [0.15, 0.2) is 0 Å². The Bertz CT molecular complexity index is 1360. The molecule has 0 N–H and O–H groups in total. The van der Waals surface area contributed by atoms with Crippen LogP contribution in [0.4, 0.5) is 0 Å². The zero-order valence-electron chi connectivity index (χ0n) is 23.2. The Balaban J connectivity index is 0.000000229. The molecule has 0 spiro atoms. The van der Waals surface area contributed by atoms with Crippen LogP contribution in [0.1, 0.15) is 51.5 Å². The van der Waals surface area contributed by atoms with E-state index in [4.69, 9.17) is 0 Å². The second-order valence-electron chi connectivity index (χ2n) is 12.3. The van der Waals surface area contributed by atoms with Gasteiger partial charge in [0.1, 0.15) is 0 Å². The third-order valence-electron chi connectivity index (χ3n) is 8.25. The van der Waals surface area contributed by atoms with E-state index in [0.717, 1.165) is 5.54 Å². The summed E-state index contributed by atoms with van der Waals surface area (Å²) in [5, 5.41) is 5.55. The van der Waals surface area contributed by atoms with Crippen molar-refractivity contribution in [3.63, 3.8) is 0 Å². The normalized spacial score (nSPS) is 20.1. The molecule has 0 saturated carbocycles. The molecular weight excluding hydrogens is 623 g/mol. The largest absolute Gasteiger partial charge is 1.00 e. The van der Waals surface area contributed by atoms with Gasteiger partial charge in [-0.3, -0.25) is 0 Å². The van der Waals surface area contributed by atoms with Crippen LogP contribution in [0.3, 0.4) is 0 Å². The third-order valence-corrected chi connectivity index (χ3v) is 17.1. The fourth-order valence-electron chi connectivity index (χ4n) is 6.43. The maximum atomic E-state index is 2.51. The summed E-state index contributed by atoms with van der Waals surface area (Å²) in [5.74, 6) is 0.633. The van der Waals surface area contributed by atoms with Crippen LogP contribution < -0.4 is 30.0 Å². The van der Waals surface area contributed by atoms with E-state index in [9.17, 15) is 0 Å². The summed E-state index contributed by atoms with van der Waals surface area (Å²) in [5.41, 5.74) is 11.6. The summed E-state index contributed by atoms with van der Waals surface area (Å²) in [6.45, 7) is 19.2. The van der Waals surface area contributed by atoms with Crippen molar-refractivity contribution in [1.82, 2.24) is 0 Å². The molecule has 37 heavy (non-hydrogen) atoms. The topological polar surface area (TPSA) is 0 Å². The number of rotatable bonds is 3. The molecule has 1 aromatic heterocycles. The van der Waals surface area contributed by atoms with Crippen molar-refractivity contribution < 1.29 is 49.5 Å². The quantitative estimate of drug-likeness (QED) is 0.380. The van der Waals surface area contributed by atoms with E-state index in [1.165, 1.54) is 27.4 Å². The molecule has 7 rings (SSSR count). The fraction of sp³-hybridized carbons (Fsp3) is 0.355. The van der Waals surface area contributed by atoms with Gasteiger partial charge in [-0.1, -0.05) is 18.7 Å². The monoisotopic (exact) mass is 657 g/mol. The second kappa shape index (κ2) is 11.2. The first-order chi connectivity index (χ1) is 16.4. The number of hydrogen-bond acceptors (Lipinski definition) is 1. The number of hydrogen-bond donors (Lipinski definition) is 0. The Kier molecular flexibility index (Phi) is 9.38. The average molecular weight is 660 g/mol. The SMILES string of the molecule is CC(C)C1=Cc2c(-c3ccc([Si](C)(C)C)cc3)cccc2[CH]1[Zr+2].CC1=C2c3sccc3C1[Si]2(C)C.[Cl-].[Cl-]. The summed E-state index contributed by atoms with van der Waals surface area (Å²) in [6, 6.07) is 18.5. The average Bonchev–Trinajstić information content (AvgIpc) is 3.50. The van der Waals surface area contributed by atoms with E-state index in [1.54, 1.807) is 51.5 Å². The molecular formula is C31H37Cl2SSi2Zr. The van der Waals surface area contributed by atoms with Crippen LogP contribution >= 0.6 is 11.3 Å². The van der Waals surface area contributed by atoms with Crippen molar-refractivity contribution in [2.24, 2.45) is 5.92 Å². The van der Waals surface area contributed by atoms with Crippen molar-refractivity contribution in [1.29, 1.82) is 0 Å². The van der Waals surface area contributed by atoms with Gasteiger partial charge in [0, 0.05) is 10.4 Å². The van der Waals surface area contributed by atoms with Crippen LogP contribution in [0, 0.1) is 5.92 Å². The summed E-state index contributed by atoms with van der Waals surface area (Å²) in [7, 11) is -2.19. The first-order valence-electron chi connectivity index (χ1n) is 12.9. The number of thiophene rings is 1. The van der Waals surface area contributed by atoms with Crippen LogP contribution in [0.25, 0.3) is 22.4 Å². The predicted octanol–water partition coefficient (Wildman–Crippen LogP) is 2.97. The summed E-state index contributed by atoms with van der Waals surface area (Å²) in [6.07, 6.45) is 2.46. The molecule has 0 nitrogen and oxygen atoms in total. The van der Waals surface area contributed by atoms with Crippen molar-refractivity contribution in [2.75, 3.05) is 0 Å². The van der Waals surface area contributed by atoms with Gasteiger partial charge in [-0.05, 0) is 29.1 Å². The number of halogens is 2. The van der Waals surface area contributed by atoms with E-state index < -0.39 is 16.1 Å². The minimum atomic E-state index is -1.22. The summed E-state index contributed by atoms with van der Waals surface area (Å²) >= 11 is 3.55. The molecule has 3 heterocycles. The van der Waals surface area contributed by atoms with E-state index in [-0.39, 0.29) is 24.8 Å². The number of benzene rings is 2. The van der Waals surface area contributed by atoms with Crippen LogP contribution in [0.2, 0.25) is 32.7 Å². The molecule has 2 aliphatic heterocycles. The van der Waals surface area contributed by atoms with Crippen molar-refractivity contribution in [2.45, 2.75) is 62.7 Å². The zero-order chi connectivity index (χ0) is 25.3. The molecule has 2 bridgehead atoms. The van der Waals surface area contributed by atoms with E-state index in [2.05, 4.69) is 113 Å². The van der Waals surface area contributed by atoms with Gasteiger partial charge in [-0.25, -0.2) is 0 Å². The van der Waals surface area contributed by atoms with Gasteiger partial charge >= 0.3 is 157 Å². The molecule has 2 aromatic carbocycles. The molecule has 4 aliphatic rings. The van der Waals surface area contributed by atoms with E-state index in [1.807, 2.05) is 11.3 Å². The van der Waals surface area contributed by atoms with Crippen molar-refractivity contribution in [3.05, 3.63) is 86.6 Å². The van der Waals surface area contributed by atoms with E-state index in [0.29, 0.717) is 9.54 Å². The van der Waals surface area contributed by atoms with Gasteiger partial charge in [0.05, 0.1) is 8.07 Å². The summed E-state index contributed by atoms with van der Waals surface area (Å²) < 4.78 is 0.637. The Labute approximate surface area is 257 Å². The van der Waals surface area contributed by atoms with Gasteiger partial charge in [0.25, 0.3) is 0 Å².